The van der Waals surface area contributed by atoms with E-state index < -0.39 is 0 Å². The van der Waals surface area contributed by atoms with Gasteiger partial charge in [0.1, 0.15) is 5.76 Å². The van der Waals surface area contributed by atoms with Gasteiger partial charge in [0.05, 0.1) is 5.69 Å². The van der Waals surface area contributed by atoms with Crippen molar-refractivity contribution in [2.45, 2.75) is 65.3 Å². The summed E-state index contributed by atoms with van der Waals surface area (Å²) < 4.78 is 7.17. The summed E-state index contributed by atoms with van der Waals surface area (Å²) in [7, 11) is 0. The number of hydrogen-bond acceptors (Lipinski definition) is 5. The minimum Gasteiger partial charge on any atom is -0.361 e. The van der Waals surface area contributed by atoms with E-state index in [4.69, 9.17) is 4.52 Å². The zero-order valence-electron chi connectivity index (χ0n) is 16.2. The van der Waals surface area contributed by atoms with Crippen LogP contribution >= 0.6 is 0 Å². The molecule has 7 heteroatoms. The van der Waals surface area contributed by atoms with E-state index in [0.29, 0.717) is 11.6 Å². The molecule has 1 fully saturated rings. The Balaban J connectivity index is 1.52. The molecule has 2 aromatic heterocycles. The maximum atomic E-state index is 12.6. The molecule has 0 spiro atoms. The number of nitrogens with zero attached hydrogens (tertiary/aromatic N) is 5. The number of aromatic nitrogens is 4. The van der Waals surface area contributed by atoms with Crippen molar-refractivity contribution in [3.05, 3.63) is 29.4 Å². The second-order valence-corrected chi connectivity index (χ2v) is 8.24. The number of carbonyl (C=O) groups is 1. The van der Waals surface area contributed by atoms with Crippen LogP contribution in [0.5, 0.6) is 0 Å². The molecule has 0 radical (unpaired) electrons. The first kappa shape index (κ1) is 18.6. The molecule has 1 aliphatic rings. The SMILES string of the molecule is CCCc1cc(C(=O)N2CCC(Cn3cc(C(C)(C)C)nn3)CC2)no1. The lowest BCUT2D eigenvalue weighted by Crippen LogP contribution is -2.39. The van der Waals surface area contributed by atoms with Crippen LogP contribution in [0.2, 0.25) is 0 Å². The smallest absolute Gasteiger partial charge is 0.276 e. The Morgan fingerprint density at radius 3 is 2.65 bits per heavy atom. The molecule has 0 unspecified atom stereocenters. The highest BCUT2D eigenvalue weighted by atomic mass is 16.5. The molecule has 0 saturated carbocycles. The Kier molecular flexibility index (Phi) is 5.44. The topological polar surface area (TPSA) is 77.1 Å². The van der Waals surface area contributed by atoms with Crippen LogP contribution in [-0.2, 0) is 18.4 Å². The van der Waals surface area contributed by atoms with Crippen LogP contribution in [0.4, 0.5) is 0 Å². The van der Waals surface area contributed by atoms with E-state index in [2.05, 4.69) is 43.2 Å². The Morgan fingerprint density at radius 1 is 1.31 bits per heavy atom. The van der Waals surface area contributed by atoms with Gasteiger partial charge in [-0.1, -0.05) is 38.1 Å². The fourth-order valence-electron chi connectivity index (χ4n) is 3.25. The average molecular weight is 359 g/mol. The van der Waals surface area contributed by atoms with Crippen molar-refractivity contribution in [2.24, 2.45) is 5.92 Å². The molecule has 1 saturated heterocycles. The summed E-state index contributed by atoms with van der Waals surface area (Å²) in [4.78, 5) is 14.5. The first-order chi connectivity index (χ1) is 12.4. The van der Waals surface area contributed by atoms with Crippen LogP contribution in [-0.4, -0.2) is 44.0 Å². The monoisotopic (exact) mass is 359 g/mol. The molecule has 7 nitrogen and oxygen atoms in total. The summed E-state index contributed by atoms with van der Waals surface area (Å²) >= 11 is 0. The van der Waals surface area contributed by atoms with E-state index in [-0.39, 0.29) is 11.3 Å². The van der Waals surface area contributed by atoms with Crippen LogP contribution in [0.15, 0.2) is 16.8 Å². The molecule has 0 aliphatic carbocycles. The summed E-state index contributed by atoms with van der Waals surface area (Å²) in [6.07, 6.45) is 5.78. The zero-order valence-corrected chi connectivity index (χ0v) is 16.2. The van der Waals surface area contributed by atoms with Gasteiger partial charge in [-0.2, -0.15) is 0 Å². The second kappa shape index (κ2) is 7.60. The van der Waals surface area contributed by atoms with Gasteiger partial charge in [0.15, 0.2) is 5.69 Å². The first-order valence-electron chi connectivity index (χ1n) is 9.52. The van der Waals surface area contributed by atoms with Crippen molar-refractivity contribution in [1.82, 2.24) is 25.1 Å². The minimum atomic E-state index is -0.0228. The predicted molar refractivity (Wildman–Crippen MR) is 97.8 cm³/mol. The average Bonchev–Trinajstić information content (AvgIpc) is 3.24. The number of hydrogen-bond donors (Lipinski definition) is 0. The fraction of sp³-hybridized carbons (Fsp3) is 0.684. The highest BCUT2D eigenvalue weighted by Gasteiger charge is 2.26. The number of piperidine rings is 1. The van der Waals surface area contributed by atoms with Gasteiger partial charge in [0, 0.05) is 43.7 Å². The molecule has 1 amide bonds. The summed E-state index contributed by atoms with van der Waals surface area (Å²) in [6, 6.07) is 1.78. The molecule has 1 aliphatic heterocycles. The van der Waals surface area contributed by atoms with Gasteiger partial charge in [0.25, 0.3) is 5.91 Å². The Labute approximate surface area is 154 Å². The van der Waals surface area contributed by atoms with Crippen molar-refractivity contribution >= 4 is 5.91 Å². The molecule has 3 heterocycles. The summed E-state index contributed by atoms with van der Waals surface area (Å²) in [5.41, 5.74) is 1.46. The van der Waals surface area contributed by atoms with E-state index in [1.165, 1.54) is 0 Å². The third-order valence-electron chi connectivity index (χ3n) is 4.93. The van der Waals surface area contributed by atoms with Crippen molar-refractivity contribution in [3.63, 3.8) is 0 Å². The van der Waals surface area contributed by atoms with Gasteiger partial charge < -0.3 is 9.42 Å². The van der Waals surface area contributed by atoms with E-state index >= 15 is 0 Å². The van der Waals surface area contributed by atoms with Crippen LogP contribution < -0.4 is 0 Å². The number of amides is 1. The normalized spacial score (nSPS) is 16.2. The Hall–Kier alpha value is -2.18. The molecular weight excluding hydrogens is 330 g/mol. The zero-order chi connectivity index (χ0) is 18.7. The van der Waals surface area contributed by atoms with Gasteiger partial charge in [-0.05, 0) is 25.2 Å². The lowest BCUT2D eigenvalue weighted by molar-refractivity contribution is 0.0670. The number of aryl methyl sites for hydroxylation is 1. The largest absolute Gasteiger partial charge is 0.361 e. The number of rotatable bonds is 5. The molecule has 2 aromatic rings. The Bertz CT molecular complexity index is 735. The van der Waals surface area contributed by atoms with Gasteiger partial charge in [-0.25, -0.2) is 0 Å². The van der Waals surface area contributed by atoms with Gasteiger partial charge >= 0.3 is 0 Å². The number of carbonyl (C=O) groups excluding carboxylic acids is 1. The maximum Gasteiger partial charge on any atom is 0.276 e. The van der Waals surface area contributed by atoms with Crippen molar-refractivity contribution in [2.75, 3.05) is 13.1 Å². The summed E-state index contributed by atoms with van der Waals surface area (Å²) in [6.45, 7) is 10.9. The van der Waals surface area contributed by atoms with Crippen LogP contribution in [0.3, 0.4) is 0 Å². The third-order valence-corrected chi connectivity index (χ3v) is 4.93. The third kappa shape index (κ3) is 4.31. The lowest BCUT2D eigenvalue weighted by atomic mass is 9.93. The van der Waals surface area contributed by atoms with E-state index in [9.17, 15) is 4.79 Å². The van der Waals surface area contributed by atoms with E-state index in [1.807, 2.05) is 15.8 Å². The van der Waals surface area contributed by atoms with Crippen molar-refractivity contribution in [1.29, 1.82) is 0 Å². The predicted octanol–water partition coefficient (Wildman–Crippen LogP) is 3.07. The summed E-state index contributed by atoms with van der Waals surface area (Å²) in [5, 5.41) is 12.5. The highest BCUT2D eigenvalue weighted by molar-refractivity contribution is 5.92. The molecule has 3 rings (SSSR count). The molecule has 26 heavy (non-hydrogen) atoms. The molecule has 0 bridgehead atoms. The highest BCUT2D eigenvalue weighted by Crippen LogP contribution is 2.23. The molecule has 0 N–H and O–H groups in total. The van der Waals surface area contributed by atoms with Gasteiger partial charge in [-0.15, -0.1) is 5.10 Å². The minimum absolute atomic E-state index is 0.0161. The van der Waals surface area contributed by atoms with Gasteiger partial charge in [-0.3, -0.25) is 9.48 Å². The Morgan fingerprint density at radius 2 is 2.04 bits per heavy atom. The van der Waals surface area contributed by atoms with Crippen LogP contribution in [0.1, 0.15) is 68.9 Å². The van der Waals surface area contributed by atoms with E-state index in [1.54, 1.807) is 6.07 Å². The number of likely N-dealkylation sites (tertiary alicyclic amines) is 1. The standard InChI is InChI=1S/C19H29N5O2/c1-5-6-15-11-16(21-26-15)18(25)23-9-7-14(8-10-23)12-24-13-17(20-22-24)19(2,3)4/h11,13-14H,5-10,12H2,1-4H3. The molecule has 0 aromatic carbocycles. The summed E-state index contributed by atoms with van der Waals surface area (Å²) in [5.74, 6) is 1.28. The molecule has 142 valence electrons. The van der Waals surface area contributed by atoms with Crippen LogP contribution in [0.25, 0.3) is 0 Å². The lowest BCUT2D eigenvalue weighted by Gasteiger charge is -2.31. The van der Waals surface area contributed by atoms with Crippen molar-refractivity contribution < 1.29 is 9.32 Å². The molecule has 0 atom stereocenters. The quantitative estimate of drug-likeness (QED) is 0.820. The van der Waals surface area contributed by atoms with Crippen LogP contribution in [0, 0.1) is 5.92 Å². The van der Waals surface area contributed by atoms with Gasteiger partial charge in [0.2, 0.25) is 0 Å². The van der Waals surface area contributed by atoms with E-state index in [0.717, 1.165) is 56.8 Å². The molecular formula is C19H29N5O2. The first-order valence-corrected chi connectivity index (χ1v) is 9.52. The second-order valence-electron chi connectivity index (χ2n) is 8.24. The maximum absolute atomic E-state index is 12.6. The van der Waals surface area contributed by atoms with Crippen molar-refractivity contribution in [3.8, 4) is 0 Å². The fourth-order valence-corrected chi connectivity index (χ4v) is 3.25.